The van der Waals surface area contributed by atoms with Crippen LogP contribution in [0.15, 0.2) is 48.5 Å². The lowest BCUT2D eigenvalue weighted by molar-refractivity contribution is -0.119. The molecule has 2 aromatic carbocycles. The largest absolute Gasteiger partial charge is 0.325 e. The third-order valence-corrected chi connectivity index (χ3v) is 4.41. The summed E-state index contributed by atoms with van der Waals surface area (Å²) in [4.78, 5) is 28.4. The zero-order chi connectivity index (χ0) is 15.1. The molecule has 4 rings (SSSR count). The Bertz CT molecular complexity index is 769. The summed E-state index contributed by atoms with van der Waals surface area (Å²) in [6, 6.07) is 15.5. The van der Waals surface area contributed by atoms with Gasteiger partial charge in [-0.05, 0) is 29.7 Å². The number of anilines is 1. The Labute approximate surface area is 129 Å². The molecule has 0 unspecified atom stereocenters. The number of fused-ring (bicyclic) bond motifs is 2. The van der Waals surface area contributed by atoms with E-state index >= 15 is 0 Å². The van der Waals surface area contributed by atoms with Crippen LogP contribution >= 0.6 is 0 Å². The summed E-state index contributed by atoms with van der Waals surface area (Å²) in [5.74, 6) is -0.0532. The number of rotatable bonds is 2. The molecule has 4 nitrogen and oxygen atoms in total. The molecule has 0 bridgehead atoms. The third kappa shape index (κ3) is 1.99. The fraction of sp³-hybridized carbons (Fsp3) is 0.222. The smallest absolute Gasteiger partial charge is 0.254 e. The third-order valence-electron chi connectivity index (χ3n) is 4.41. The zero-order valence-electron chi connectivity index (χ0n) is 12.2. The summed E-state index contributed by atoms with van der Waals surface area (Å²) in [7, 11) is 0. The predicted molar refractivity (Wildman–Crippen MR) is 83.7 cm³/mol. The maximum Gasteiger partial charge on any atom is 0.254 e. The van der Waals surface area contributed by atoms with Gasteiger partial charge in [-0.1, -0.05) is 36.4 Å². The van der Waals surface area contributed by atoms with Crippen molar-refractivity contribution in [1.82, 2.24) is 4.90 Å². The fourth-order valence-electron chi connectivity index (χ4n) is 3.29. The van der Waals surface area contributed by atoms with Crippen LogP contribution in [0.2, 0.25) is 0 Å². The van der Waals surface area contributed by atoms with Crippen LogP contribution in [0.25, 0.3) is 0 Å². The molecule has 0 saturated heterocycles. The fourth-order valence-corrected chi connectivity index (χ4v) is 3.29. The van der Waals surface area contributed by atoms with Gasteiger partial charge in [0.25, 0.3) is 5.91 Å². The lowest BCUT2D eigenvalue weighted by atomic mass is 10.1. The number of hydrogen-bond donors (Lipinski definition) is 0. The molecule has 0 spiro atoms. The van der Waals surface area contributed by atoms with Crippen molar-refractivity contribution in [3.8, 4) is 0 Å². The minimum atomic E-state index is -0.0450. The molecular formula is C18H16N2O2. The molecule has 4 heteroatoms. The number of para-hydroxylation sites is 1. The van der Waals surface area contributed by atoms with Gasteiger partial charge >= 0.3 is 0 Å². The van der Waals surface area contributed by atoms with Crippen molar-refractivity contribution in [3.63, 3.8) is 0 Å². The second-order valence-corrected chi connectivity index (χ2v) is 5.74. The molecule has 2 aliphatic rings. The molecule has 0 aromatic heterocycles. The van der Waals surface area contributed by atoms with Gasteiger partial charge in [0.2, 0.25) is 5.91 Å². The summed E-state index contributed by atoms with van der Waals surface area (Å²) < 4.78 is 0. The van der Waals surface area contributed by atoms with Gasteiger partial charge in [-0.3, -0.25) is 9.59 Å². The van der Waals surface area contributed by atoms with Gasteiger partial charge < -0.3 is 9.80 Å². The maximum absolute atomic E-state index is 12.6. The van der Waals surface area contributed by atoms with Crippen LogP contribution in [0.1, 0.15) is 21.5 Å². The van der Waals surface area contributed by atoms with E-state index in [0.29, 0.717) is 13.1 Å². The van der Waals surface area contributed by atoms with Crippen molar-refractivity contribution >= 4 is 17.5 Å². The summed E-state index contributed by atoms with van der Waals surface area (Å²) in [5, 5.41) is 0. The number of carbonyl (C=O) groups is 2. The summed E-state index contributed by atoms with van der Waals surface area (Å²) >= 11 is 0. The van der Waals surface area contributed by atoms with Crippen molar-refractivity contribution in [2.75, 3.05) is 18.0 Å². The minimum absolute atomic E-state index is 0.00824. The van der Waals surface area contributed by atoms with Crippen molar-refractivity contribution in [3.05, 3.63) is 65.2 Å². The molecule has 2 aliphatic heterocycles. The van der Waals surface area contributed by atoms with Crippen LogP contribution < -0.4 is 4.90 Å². The van der Waals surface area contributed by atoms with Crippen LogP contribution in [0.5, 0.6) is 0 Å². The van der Waals surface area contributed by atoms with E-state index in [0.717, 1.165) is 23.2 Å². The molecule has 0 radical (unpaired) electrons. The number of amides is 2. The predicted octanol–water partition coefficient (Wildman–Crippen LogP) is 2.23. The van der Waals surface area contributed by atoms with Gasteiger partial charge in [-0.25, -0.2) is 0 Å². The molecule has 110 valence electrons. The highest BCUT2D eigenvalue weighted by Gasteiger charge is 2.31. The molecule has 2 amide bonds. The van der Waals surface area contributed by atoms with E-state index in [2.05, 4.69) is 6.07 Å². The van der Waals surface area contributed by atoms with E-state index < -0.39 is 0 Å². The number of carbonyl (C=O) groups excluding carboxylic acids is 2. The van der Waals surface area contributed by atoms with Crippen molar-refractivity contribution in [1.29, 1.82) is 0 Å². The first kappa shape index (κ1) is 13.1. The zero-order valence-corrected chi connectivity index (χ0v) is 12.2. The molecule has 2 aromatic rings. The quantitative estimate of drug-likeness (QED) is 0.851. The first-order chi connectivity index (χ1) is 10.7. The first-order valence-electron chi connectivity index (χ1n) is 7.49. The summed E-state index contributed by atoms with van der Waals surface area (Å²) in [6.07, 6.45) is 0.885. The number of hydrogen-bond acceptors (Lipinski definition) is 2. The van der Waals surface area contributed by atoms with Gasteiger partial charge in [0.1, 0.15) is 6.54 Å². The van der Waals surface area contributed by atoms with Crippen molar-refractivity contribution < 1.29 is 9.59 Å². The van der Waals surface area contributed by atoms with Gasteiger partial charge in [0.05, 0.1) is 0 Å². The Morgan fingerprint density at radius 3 is 2.55 bits per heavy atom. The number of nitrogens with zero attached hydrogens (tertiary/aromatic N) is 2. The average molecular weight is 292 g/mol. The Morgan fingerprint density at radius 1 is 1.00 bits per heavy atom. The standard InChI is InChI=1S/C18H16N2O2/c21-17(20-10-9-13-5-2-4-8-16(13)20)12-19-11-14-6-1-3-7-15(14)18(19)22/h1-8H,9-12H2. The van der Waals surface area contributed by atoms with E-state index in [1.807, 2.05) is 42.5 Å². The molecule has 0 fully saturated rings. The van der Waals surface area contributed by atoms with E-state index in [4.69, 9.17) is 0 Å². The monoisotopic (exact) mass is 292 g/mol. The summed E-state index contributed by atoms with van der Waals surface area (Å²) in [6.45, 7) is 1.37. The molecule has 0 atom stereocenters. The molecule has 2 heterocycles. The van der Waals surface area contributed by atoms with Crippen LogP contribution in [-0.2, 0) is 17.8 Å². The summed E-state index contributed by atoms with van der Waals surface area (Å²) in [5.41, 5.74) is 3.91. The van der Waals surface area contributed by atoms with Crippen LogP contribution in [0, 0.1) is 0 Å². The molecular weight excluding hydrogens is 276 g/mol. The lowest BCUT2D eigenvalue weighted by Gasteiger charge is -2.21. The molecule has 0 aliphatic carbocycles. The van der Waals surface area contributed by atoms with Crippen LogP contribution in [0.4, 0.5) is 5.69 Å². The van der Waals surface area contributed by atoms with E-state index in [1.165, 1.54) is 5.56 Å². The van der Waals surface area contributed by atoms with Crippen molar-refractivity contribution in [2.24, 2.45) is 0 Å². The Kier molecular flexibility index (Phi) is 2.96. The highest BCUT2D eigenvalue weighted by molar-refractivity contribution is 6.03. The second-order valence-electron chi connectivity index (χ2n) is 5.74. The molecule has 0 N–H and O–H groups in total. The topological polar surface area (TPSA) is 40.6 Å². The average Bonchev–Trinajstić information content (AvgIpc) is 3.10. The Balaban J connectivity index is 1.52. The number of benzene rings is 2. The highest BCUT2D eigenvalue weighted by atomic mass is 16.2. The molecule has 22 heavy (non-hydrogen) atoms. The highest BCUT2D eigenvalue weighted by Crippen LogP contribution is 2.28. The van der Waals surface area contributed by atoms with E-state index in [-0.39, 0.29) is 18.4 Å². The SMILES string of the molecule is O=C1c2ccccc2CN1CC(=O)N1CCc2ccccc21. The molecule has 0 saturated carbocycles. The first-order valence-corrected chi connectivity index (χ1v) is 7.49. The van der Waals surface area contributed by atoms with Crippen LogP contribution in [0.3, 0.4) is 0 Å². The van der Waals surface area contributed by atoms with Gasteiger partial charge in [-0.15, -0.1) is 0 Å². The normalized spacial score (nSPS) is 15.9. The van der Waals surface area contributed by atoms with Crippen molar-refractivity contribution in [2.45, 2.75) is 13.0 Å². The van der Waals surface area contributed by atoms with E-state index in [1.54, 1.807) is 9.80 Å². The van der Waals surface area contributed by atoms with Gasteiger partial charge in [0, 0.05) is 24.3 Å². The van der Waals surface area contributed by atoms with Crippen LogP contribution in [-0.4, -0.2) is 29.8 Å². The Morgan fingerprint density at radius 2 is 1.73 bits per heavy atom. The lowest BCUT2D eigenvalue weighted by Crippen LogP contribution is -2.39. The van der Waals surface area contributed by atoms with Gasteiger partial charge in [-0.2, -0.15) is 0 Å². The maximum atomic E-state index is 12.6. The van der Waals surface area contributed by atoms with E-state index in [9.17, 15) is 9.59 Å². The minimum Gasteiger partial charge on any atom is -0.325 e. The Hall–Kier alpha value is -2.62. The second kappa shape index (κ2) is 4.98. The van der Waals surface area contributed by atoms with Gasteiger partial charge in [0.15, 0.2) is 0 Å².